The zero-order valence-electron chi connectivity index (χ0n) is 18.7. The van der Waals surface area contributed by atoms with Crippen molar-refractivity contribution < 1.29 is 14.3 Å². The number of hydrogen-bond acceptors (Lipinski definition) is 4. The summed E-state index contributed by atoms with van der Waals surface area (Å²) in [5.74, 6) is 0.689. The number of carbonyl (C=O) groups excluding carboxylic acids is 1. The average molecular weight is 520 g/mol. The number of amides is 1. The van der Waals surface area contributed by atoms with Crippen molar-refractivity contribution in [1.29, 1.82) is 0 Å². The Morgan fingerprint density at radius 1 is 1.07 bits per heavy atom. The molecule has 1 rings (SSSR count). The van der Waals surface area contributed by atoms with E-state index in [1.165, 1.54) is 0 Å². The molecule has 7 nitrogen and oxygen atoms in total. The molecule has 29 heavy (non-hydrogen) atoms. The molecule has 0 aromatic heterocycles. The maximum atomic E-state index is 12.0. The van der Waals surface area contributed by atoms with Crippen molar-refractivity contribution in [2.24, 2.45) is 4.99 Å². The Balaban J connectivity index is 0.00000784. The van der Waals surface area contributed by atoms with E-state index in [0.717, 1.165) is 17.7 Å². The number of carbonyl (C=O) groups is 1. The third-order valence-corrected chi connectivity index (χ3v) is 3.71. The van der Waals surface area contributed by atoms with Gasteiger partial charge in [0.15, 0.2) is 5.96 Å². The summed E-state index contributed by atoms with van der Waals surface area (Å²) in [4.78, 5) is 16.7. The number of rotatable bonds is 8. The maximum absolute atomic E-state index is 12.0. The molecule has 8 heteroatoms. The second kappa shape index (κ2) is 12.9. The predicted molar refractivity (Wildman–Crippen MR) is 129 cm³/mol. The monoisotopic (exact) mass is 520 g/mol. The van der Waals surface area contributed by atoms with Gasteiger partial charge in [-0.15, -0.1) is 24.0 Å². The summed E-state index contributed by atoms with van der Waals surface area (Å²) in [5, 5.41) is 9.41. The van der Waals surface area contributed by atoms with E-state index in [2.05, 4.69) is 27.0 Å². The number of ether oxygens (including phenoxy) is 2. The summed E-state index contributed by atoms with van der Waals surface area (Å²) in [6.45, 7) is 13.7. The van der Waals surface area contributed by atoms with E-state index in [0.29, 0.717) is 25.7 Å². The van der Waals surface area contributed by atoms with Gasteiger partial charge in [-0.25, -0.2) is 9.79 Å². The van der Waals surface area contributed by atoms with Gasteiger partial charge in [0.25, 0.3) is 0 Å². The number of hydrogen-bond donors (Lipinski definition) is 3. The Morgan fingerprint density at radius 3 is 2.24 bits per heavy atom. The van der Waals surface area contributed by atoms with Gasteiger partial charge in [0.1, 0.15) is 5.60 Å². The lowest BCUT2D eigenvalue weighted by Gasteiger charge is -2.29. The van der Waals surface area contributed by atoms with Crippen LogP contribution in [0, 0.1) is 0 Å². The zero-order valence-corrected chi connectivity index (χ0v) is 21.0. The molecule has 0 aliphatic rings. The van der Waals surface area contributed by atoms with E-state index in [-0.39, 0.29) is 24.0 Å². The van der Waals surface area contributed by atoms with Gasteiger partial charge in [-0.2, -0.15) is 0 Å². The number of nitrogens with one attached hydrogen (secondary N) is 3. The number of benzene rings is 1. The number of aliphatic imine (C=N–C) groups is 1. The highest BCUT2D eigenvalue weighted by Gasteiger charge is 2.24. The van der Waals surface area contributed by atoms with E-state index in [4.69, 9.17) is 9.47 Å². The van der Waals surface area contributed by atoms with Gasteiger partial charge in [0.05, 0.1) is 18.7 Å². The van der Waals surface area contributed by atoms with Crippen LogP contribution in [0.5, 0.6) is 0 Å². The van der Waals surface area contributed by atoms with Gasteiger partial charge < -0.3 is 25.4 Å². The Kier molecular flexibility index (Phi) is 12.2. The van der Waals surface area contributed by atoms with Crippen LogP contribution in [0.4, 0.5) is 4.79 Å². The summed E-state index contributed by atoms with van der Waals surface area (Å²) in [6.07, 6.45) is -0.435. The quantitative estimate of drug-likeness (QED) is 0.276. The van der Waals surface area contributed by atoms with Crippen molar-refractivity contribution >= 4 is 36.0 Å². The molecular weight excluding hydrogens is 483 g/mol. The van der Waals surface area contributed by atoms with E-state index < -0.39 is 17.2 Å². The zero-order chi connectivity index (χ0) is 21.2. The van der Waals surface area contributed by atoms with Crippen molar-refractivity contribution in [3.05, 3.63) is 35.4 Å². The third kappa shape index (κ3) is 11.9. The average Bonchev–Trinajstić information content (AvgIpc) is 2.56. The first-order valence-corrected chi connectivity index (χ1v) is 9.65. The first-order valence-electron chi connectivity index (χ1n) is 9.65. The van der Waals surface area contributed by atoms with Crippen LogP contribution >= 0.6 is 24.0 Å². The minimum absolute atomic E-state index is 0. The van der Waals surface area contributed by atoms with Crippen molar-refractivity contribution in [2.45, 2.75) is 65.8 Å². The second-order valence-electron chi connectivity index (χ2n) is 8.26. The fourth-order valence-electron chi connectivity index (χ4n) is 2.44. The first kappa shape index (κ1) is 27.5. The predicted octanol–water partition coefficient (Wildman–Crippen LogP) is 3.81. The molecular formula is C21H37IN4O3. The molecule has 1 aromatic carbocycles. The van der Waals surface area contributed by atoms with Gasteiger partial charge in [-0.1, -0.05) is 24.3 Å². The topological polar surface area (TPSA) is 84.0 Å². The number of halogens is 1. The molecule has 0 fully saturated rings. The molecule has 0 saturated carbocycles. The van der Waals surface area contributed by atoms with Crippen molar-refractivity contribution in [3.63, 3.8) is 0 Å². The summed E-state index contributed by atoms with van der Waals surface area (Å²) in [6, 6.07) is 8.09. The SMILES string of the molecule is CCNC(=NCc1ccccc1COC)NCC(C)(C)NC(=O)OC(C)(C)C.I. The highest BCUT2D eigenvalue weighted by atomic mass is 127. The molecule has 0 radical (unpaired) electrons. The highest BCUT2D eigenvalue weighted by Crippen LogP contribution is 2.11. The number of nitrogens with zero attached hydrogens (tertiary/aromatic N) is 1. The Labute approximate surface area is 192 Å². The van der Waals surface area contributed by atoms with E-state index in [1.807, 2.05) is 59.7 Å². The van der Waals surface area contributed by atoms with Crippen LogP contribution in [0.15, 0.2) is 29.3 Å². The number of methoxy groups -OCH3 is 1. The molecule has 0 unspecified atom stereocenters. The summed E-state index contributed by atoms with van der Waals surface area (Å²) in [5.41, 5.74) is 1.20. The lowest BCUT2D eigenvalue weighted by Crippen LogP contribution is -2.54. The van der Waals surface area contributed by atoms with Crippen LogP contribution in [-0.2, 0) is 22.6 Å². The summed E-state index contributed by atoms with van der Waals surface area (Å²) < 4.78 is 10.6. The number of guanidine groups is 1. The second-order valence-corrected chi connectivity index (χ2v) is 8.26. The summed E-state index contributed by atoms with van der Waals surface area (Å²) >= 11 is 0. The van der Waals surface area contributed by atoms with Crippen LogP contribution in [-0.4, -0.2) is 43.4 Å². The van der Waals surface area contributed by atoms with E-state index in [1.54, 1.807) is 7.11 Å². The molecule has 0 aliphatic heterocycles. The molecule has 1 aromatic rings. The lowest BCUT2D eigenvalue weighted by molar-refractivity contribution is 0.0474. The Hall–Kier alpha value is -1.55. The Bertz CT molecular complexity index is 658. The molecule has 0 heterocycles. The van der Waals surface area contributed by atoms with Crippen molar-refractivity contribution in [1.82, 2.24) is 16.0 Å². The van der Waals surface area contributed by atoms with Gasteiger partial charge in [0.2, 0.25) is 0 Å². The highest BCUT2D eigenvalue weighted by molar-refractivity contribution is 14.0. The molecule has 0 spiro atoms. The normalized spacial score (nSPS) is 12.0. The lowest BCUT2D eigenvalue weighted by atomic mass is 10.1. The molecule has 0 saturated heterocycles. The van der Waals surface area contributed by atoms with Gasteiger partial charge in [-0.05, 0) is 52.7 Å². The van der Waals surface area contributed by atoms with Gasteiger partial charge in [0, 0.05) is 20.2 Å². The smallest absolute Gasteiger partial charge is 0.408 e. The standard InChI is InChI=1S/C21H36N4O3.HI/c1-8-22-18(23-13-16-11-9-10-12-17(16)14-27-7)24-15-21(5,6)25-19(26)28-20(2,3)4;/h9-12H,8,13-15H2,1-7H3,(H,25,26)(H2,22,23,24);1H. The van der Waals surface area contributed by atoms with Crippen molar-refractivity contribution in [3.8, 4) is 0 Å². The number of alkyl carbamates (subject to hydrolysis) is 1. The molecule has 0 bridgehead atoms. The fourth-order valence-corrected chi connectivity index (χ4v) is 2.44. The Morgan fingerprint density at radius 2 is 1.69 bits per heavy atom. The minimum Gasteiger partial charge on any atom is -0.444 e. The molecule has 0 atom stereocenters. The molecule has 1 amide bonds. The third-order valence-electron chi connectivity index (χ3n) is 3.71. The van der Waals surface area contributed by atoms with Crippen LogP contribution in [0.3, 0.4) is 0 Å². The minimum atomic E-state index is -0.528. The van der Waals surface area contributed by atoms with Crippen molar-refractivity contribution in [2.75, 3.05) is 20.2 Å². The van der Waals surface area contributed by atoms with E-state index in [9.17, 15) is 4.79 Å². The van der Waals surface area contributed by atoms with Gasteiger partial charge in [-0.3, -0.25) is 0 Å². The van der Waals surface area contributed by atoms with Gasteiger partial charge >= 0.3 is 6.09 Å². The summed E-state index contributed by atoms with van der Waals surface area (Å²) in [7, 11) is 1.69. The fraction of sp³-hybridized carbons (Fsp3) is 0.619. The van der Waals surface area contributed by atoms with E-state index >= 15 is 0 Å². The largest absolute Gasteiger partial charge is 0.444 e. The molecule has 166 valence electrons. The van der Waals surface area contributed by atoms with Crippen LogP contribution in [0.25, 0.3) is 0 Å². The first-order chi connectivity index (χ1) is 13.1. The molecule has 3 N–H and O–H groups in total. The maximum Gasteiger partial charge on any atom is 0.408 e. The van der Waals surface area contributed by atoms with Crippen LogP contribution in [0.2, 0.25) is 0 Å². The molecule has 0 aliphatic carbocycles. The van der Waals surface area contributed by atoms with Crippen LogP contribution < -0.4 is 16.0 Å². The van der Waals surface area contributed by atoms with Crippen LogP contribution in [0.1, 0.15) is 52.7 Å².